The summed E-state index contributed by atoms with van der Waals surface area (Å²) in [5, 5.41) is 6.79. The van der Waals surface area contributed by atoms with Crippen LogP contribution in [-0.4, -0.2) is 33.1 Å². The Morgan fingerprint density at radius 2 is 1.94 bits per heavy atom. The molecule has 160 valence electrons. The van der Waals surface area contributed by atoms with Crippen LogP contribution in [0.5, 0.6) is 0 Å². The van der Waals surface area contributed by atoms with Gasteiger partial charge in [-0.25, -0.2) is 9.67 Å². The number of alkyl halides is 3. The SMILES string of the molecule is O=C(Nc1ccc(Cn2cncn2)cc1)[C@@H]1CC(=O)N(c2cccc(C(F)(F)F)c2)C1. The zero-order valence-corrected chi connectivity index (χ0v) is 16.2. The minimum atomic E-state index is -4.50. The van der Waals surface area contributed by atoms with Crippen molar-refractivity contribution in [1.82, 2.24) is 14.8 Å². The summed E-state index contributed by atoms with van der Waals surface area (Å²) in [7, 11) is 0. The van der Waals surface area contributed by atoms with Crippen molar-refractivity contribution in [3.8, 4) is 0 Å². The number of carbonyl (C=O) groups is 2. The fourth-order valence-corrected chi connectivity index (χ4v) is 3.42. The van der Waals surface area contributed by atoms with Gasteiger partial charge in [0.2, 0.25) is 11.8 Å². The van der Waals surface area contributed by atoms with Crippen molar-refractivity contribution in [3.05, 3.63) is 72.3 Å². The number of benzene rings is 2. The van der Waals surface area contributed by atoms with Gasteiger partial charge < -0.3 is 10.2 Å². The first-order chi connectivity index (χ1) is 14.8. The van der Waals surface area contributed by atoms with Gasteiger partial charge in [0.15, 0.2) is 0 Å². The molecule has 1 aliphatic rings. The van der Waals surface area contributed by atoms with Gasteiger partial charge in [-0.3, -0.25) is 9.59 Å². The van der Waals surface area contributed by atoms with Gasteiger partial charge in [0.05, 0.1) is 18.0 Å². The third-order valence-corrected chi connectivity index (χ3v) is 5.01. The Morgan fingerprint density at radius 3 is 2.61 bits per heavy atom. The Labute approximate surface area is 175 Å². The van der Waals surface area contributed by atoms with Gasteiger partial charge in [-0.2, -0.15) is 18.3 Å². The van der Waals surface area contributed by atoms with E-state index in [1.165, 1.54) is 23.4 Å². The quantitative estimate of drug-likeness (QED) is 0.675. The van der Waals surface area contributed by atoms with Crippen LogP contribution in [0, 0.1) is 5.92 Å². The second kappa shape index (κ2) is 8.21. The number of nitrogens with zero attached hydrogens (tertiary/aromatic N) is 4. The highest BCUT2D eigenvalue weighted by Crippen LogP contribution is 2.33. The van der Waals surface area contributed by atoms with Crippen molar-refractivity contribution >= 4 is 23.2 Å². The van der Waals surface area contributed by atoms with E-state index in [4.69, 9.17) is 0 Å². The molecule has 2 aromatic carbocycles. The lowest BCUT2D eigenvalue weighted by Gasteiger charge is -2.18. The van der Waals surface area contributed by atoms with Crippen LogP contribution in [0.1, 0.15) is 17.5 Å². The molecule has 0 radical (unpaired) electrons. The number of aromatic nitrogens is 3. The minimum Gasteiger partial charge on any atom is -0.326 e. The normalized spacial score (nSPS) is 16.5. The number of halogens is 3. The number of amides is 2. The van der Waals surface area contributed by atoms with Gasteiger partial charge in [0, 0.05) is 24.3 Å². The molecule has 1 aromatic heterocycles. The Morgan fingerprint density at radius 1 is 1.16 bits per heavy atom. The number of nitrogens with one attached hydrogen (secondary N) is 1. The van der Waals surface area contributed by atoms with Gasteiger partial charge in [0.1, 0.15) is 12.7 Å². The molecule has 1 N–H and O–H groups in total. The van der Waals surface area contributed by atoms with Crippen molar-refractivity contribution in [3.63, 3.8) is 0 Å². The monoisotopic (exact) mass is 429 g/mol. The average molecular weight is 429 g/mol. The van der Waals surface area contributed by atoms with Crippen LogP contribution in [0.3, 0.4) is 0 Å². The third kappa shape index (κ3) is 4.73. The molecule has 10 heteroatoms. The van der Waals surface area contributed by atoms with Gasteiger partial charge in [-0.15, -0.1) is 0 Å². The van der Waals surface area contributed by atoms with Gasteiger partial charge in [0.25, 0.3) is 0 Å². The Hall–Kier alpha value is -3.69. The van der Waals surface area contributed by atoms with E-state index in [-0.39, 0.29) is 30.5 Å². The summed E-state index contributed by atoms with van der Waals surface area (Å²) in [5.74, 6) is -1.40. The zero-order valence-electron chi connectivity index (χ0n) is 16.2. The van der Waals surface area contributed by atoms with E-state index in [1.54, 1.807) is 23.1 Å². The highest BCUT2D eigenvalue weighted by atomic mass is 19.4. The molecule has 4 rings (SSSR count). The van der Waals surface area contributed by atoms with Crippen molar-refractivity contribution in [1.29, 1.82) is 0 Å². The molecular weight excluding hydrogens is 411 g/mol. The second-order valence-electron chi connectivity index (χ2n) is 7.23. The standard InChI is InChI=1S/C21H18F3N5O2/c22-21(23,24)16-2-1-3-18(9-16)29-11-15(8-19(29)30)20(31)27-17-6-4-14(5-7-17)10-28-13-25-12-26-28/h1-7,9,12-13,15H,8,10-11H2,(H,27,31)/t15-/m1/s1. The van der Waals surface area contributed by atoms with Gasteiger partial charge in [-0.05, 0) is 35.9 Å². The number of rotatable bonds is 5. The van der Waals surface area contributed by atoms with Crippen LogP contribution < -0.4 is 10.2 Å². The molecule has 0 unspecified atom stereocenters. The van der Waals surface area contributed by atoms with Crippen LogP contribution in [0.15, 0.2) is 61.2 Å². The number of carbonyl (C=O) groups excluding carboxylic acids is 2. The molecule has 0 spiro atoms. The fraction of sp³-hybridized carbons (Fsp3) is 0.238. The molecule has 1 aliphatic heterocycles. The van der Waals surface area contributed by atoms with Crippen LogP contribution in [0.4, 0.5) is 24.5 Å². The summed E-state index contributed by atoms with van der Waals surface area (Å²) in [4.78, 5) is 30.1. The van der Waals surface area contributed by atoms with E-state index in [1.807, 2.05) is 12.1 Å². The maximum absolute atomic E-state index is 13.0. The molecule has 0 aliphatic carbocycles. The Bertz CT molecular complexity index is 1080. The summed E-state index contributed by atoms with van der Waals surface area (Å²) in [6, 6.07) is 11.7. The number of hydrogen-bond acceptors (Lipinski definition) is 4. The Kier molecular flexibility index (Phi) is 5.45. The molecule has 1 saturated heterocycles. The first kappa shape index (κ1) is 20.6. The number of hydrogen-bond donors (Lipinski definition) is 1. The lowest BCUT2D eigenvalue weighted by molar-refractivity contribution is -0.137. The van der Waals surface area contributed by atoms with E-state index in [9.17, 15) is 22.8 Å². The molecule has 0 saturated carbocycles. The predicted molar refractivity (Wildman–Crippen MR) is 106 cm³/mol. The lowest BCUT2D eigenvalue weighted by Crippen LogP contribution is -2.28. The largest absolute Gasteiger partial charge is 0.416 e. The molecule has 31 heavy (non-hydrogen) atoms. The molecule has 0 bridgehead atoms. The highest BCUT2D eigenvalue weighted by molar-refractivity contribution is 6.03. The fourth-order valence-electron chi connectivity index (χ4n) is 3.42. The van der Waals surface area contributed by atoms with Crippen LogP contribution in [0.25, 0.3) is 0 Å². The number of anilines is 2. The molecular formula is C21H18F3N5O2. The summed E-state index contributed by atoms with van der Waals surface area (Å²) in [5.41, 5.74) is 0.830. The molecule has 1 fully saturated rings. The Balaban J connectivity index is 1.39. The topological polar surface area (TPSA) is 80.1 Å². The second-order valence-corrected chi connectivity index (χ2v) is 7.23. The van der Waals surface area contributed by atoms with Crippen molar-refractivity contribution in [2.75, 3.05) is 16.8 Å². The summed E-state index contributed by atoms with van der Waals surface area (Å²) in [6.07, 6.45) is -1.52. The maximum Gasteiger partial charge on any atom is 0.416 e. The van der Waals surface area contributed by atoms with Gasteiger partial charge >= 0.3 is 6.18 Å². The van der Waals surface area contributed by atoms with E-state index < -0.39 is 17.7 Å². The first-order valence-corrected chi connectivity index (χ1v) is 9.49. The van der Waals surface area contributed by atoms with E-state index in [2.05, 4.69) is 15.4 Å². The van der Waals surface area contributed by atoms with E-state index >= 15 is 0 Å². The van der Waals surface area contributed by atoms with Crippen LogP contribution in [-0.2, 0) is 22.3 Å². The summed E-state index contributed by atoms with van der Waals surface area (Å²) in [6.45, 7) is 0.563. The molecule has 2 heterocycles. The first-order valence-electron chi connectivity index (χ1n) is 9.49. The van der Waals surface area contributed by atoms with Crippen LogP contribution >= 0.6 is 0 Å². The van der Waals surface area contributed by atoms with Gasteiger partial charge in [-0.1, -0.05) is 18.2 Å². The minimum absolute atomic E-state index is 0.0242. The van der Waals surface area contributed by atoms with E-state index in [0.29, 0.717) is 12.2 Å². The summed E-state index contributed by atoms with van der Waals surface area (Å²) >= 11 is 0. The summed E-state index contributed by atoms with van der Waals surface area (Å²) < 4.78 is 40.5. The van der Waals surface area contributed by atoms with Crippen molar-refractivity contribution in [2.45, 2.75) is 19.1 Å². The molecule has 3 aromatic rings. The molecule has 1 atom stereocenters. The molecule has 2 amide bonds. The highest BCUT2D eigenvalue weighted by Gasteiger charge is 2.37. The average Bonchev–Trinajstić information content (AvgIpc) is 3.38. The molecule has 7 nitrogen and oxygen atoms in total. The lowest BCUT2D eigenvalue weighted by atomic mass is 10.1. The smallest absolute Gasteiger partial charge is 0.326 e. The predicted octanol–water partition coefficient (Wildman–Crippen LogP) is 3.34. The third-order valence-electron chi connectivity index (χ3n) is 5.01. The van der Waals surface area contributed by atoms with Crippen molar-refractivity contribution in [2.24, 2.45) is 5.92 Å². The van der Waals surface area contributed by atoms with E-state index in [0.717, 1.165) is 17.7 Å². The maximum atomic E-state index is 13.0. The zero-order chi connectivity index (χ0) is 22.0. The van der Waals surface area contributed by atoms with Crippen LogP contribution in [0.2, 0.25) is 0 Å². The van der Waals surface area contributed by atoms with Crippen molar-refractivity contribution < 1.29 is 22.8 Å².